The van der Waals surface area contributed by atoms with E-state index in [1.54, 1.807) is 12.1 Å². The zero-order valence-electron chi connectivity index (χ0n) is 15.8. The number of benzene rings is 2. The fraction of sp³-hybridized carbons (Fsp3) is 0.381. The molecule has 0 aromatic heterocycles. The van der Waals surface area contributed by atoms with Crippen LogP contribution in [-0.2, 0) is 26.1 Å². The molecule has 5 nitrogen and oxygen atoms in total. The molecular weight excluding hydrogens is 332 g/mol. The first-order valence-corrected chi connectivity index (χ1v) is 8.79. The van der Waals surface area contributed by atoms with Crippen LogP contribution in [0.15, 0.2) is 24.3 Å². The second-order valence-electron chi connectivity index (χ2n) is 6.28. The molecule has 0 amide bonds. The summed E-state index contributed by atoms with van der Waals surface area (Å²) in [5.41, 5.74) is 4.82. The van der Waals surface area contributed by atoms with E-state index in [2.05, 4.69) is 0 Å². The third kappa shape index (κ3) is 4.42. The van der Waals surface area contributed by atoms with Gasteiger partial charge in [-0.05, 0) is 61.1 Å². The lowest BCUT2D eigenvalue weighted by Crippen LogP contribution is -2.17. The van der Waals surface area contributed by atoms with Gasteiger partial charge in [-0.1, -0.05) is 26.0 Å². The number of ether oxygens (including phenoxy) is 2. The van der Waals surface area contributed by atoms with Crippen LogP contribution in [-0.4, -0.2) is 16.4 Å². The van der Waals surface area contributed by atoms with E-state index in [0.29, 0.717) is 24.3 Å². The highest BCUT2D eigenvalue weighted by molar-refractivity contribution is 5.69. The minimum Gasteiger partial charge on any atom is -0.394 e. The second kappa shape index (κ2) is 8.83. The third-order valence-corrected chi connectivity index (χ3v) is 4.33. The molecule has 5 heteroatoms. The zero-order chi connectivity index (χ0) is 19.3. The molecule has 0 atom stereocenters. The normalized spacial score (nSPS) is 10.7. The minimum absolute atomic E-state index is 0.117. The molecule has 0 aliphatic rings. The average molecular weight is 358 g/mol. The fourth-order valence-corrected chi connectivity index (χ4v) is 3.18. The molecule has 0 saturated carbocycles. The van der Waals surface area contributed by atoms with Crippen LogP contribution in [0.2, 0.25) is 0 Å². The molecule has 26 heavy (non-hydrogen) atoms. The van der Waals surface area contributed by atoms with Gasteiger partial charge in [-0.15, -0.1) is 0 Å². The smallest absolute Gasteiger partial charge is 0.394 e. The van der Waals surface area contributed by atoms with Crippen LogP contribution in [0.1, 0.15) is 47.2 Å². The van der Waals surface area contributed by atoms with Crippen LogP contribution >= 0.6 is 0 Å². The molecular formula is C21H26O5. The van der Waals surface area contributed by atoms with Crippen LogP contribution in [0.5, 0.6) is 11.5 Å². The van der Waals surface area contributed by atoms with Crippen LogP contribution in [0, 0.1) is 13.8 Å². The molecule has 0 fully saturated rings. The van der Waals surface area contributed by atoms with Crippen molar-refractivity contribution in [2.45, 2.75) is 53.8 Å². The van der Waals surface area contributed by atoms with E-state index < -0.39 is 6.16 Å². The number of aliphatic hydroxyl groups excluding tert-OH is 2. The standard InChI is InChI=1S/C21H26O5/c1-5-17-15(11-22)7-13(3)9-19(17)25-21(24)26-20-10-14(4)8-16(12-23)18(20)6-2/h7-10,22-23H,5-6,11-12H2,1-4H3. The first kappa shape index (κ1) is 19.9. The van der Waals surface area contributed by atoms with Crippen molar-refractivity contribution in [1.82, 2.24) is 0 Å². The predicted molar refractivity (Wildman–Crippen MR) is 99.6 cm³/mol. The summed E-state index contributed by atoms with van der Waals surface area (Å²) in [5, 5.41) is 19.1. The number of carbonyl (C=O) groups is 1. The van der Waals surface area contributed by atoms with Crippen molar-refractivity contribution in [2.24, 2.45) is 0 Å². The van der Waals surface area contributed by atoms with E-state index >= 15 is 0 Å². The van der Waals surface area contributed by atoms with E-state index in [9.17, 15) is 15.0 Å². The van der Waals surface area contributed by atoms with Gasteiger partial charge in [0.05, 0.1) is 13.2 Å². The van der Waals surface area contributed by atoms with Gasteiger partial charge in [-0.3, -0.25) is 0 Å². The highest BCUT2D eigenvalue weighted by Crippen LogP contribution is 2.29. The summed E-state index contributed by atoms with van der Waals surface area (Å²) in [4.78, 5) is 12.4. The van der Waals surface area contributed by atoms with E-state index in [-0.39, 0.29) is 13.2 Å². The minimum atomic E-state index is -0.835. The summed E-state index contributed by atoms with van der Waals surface area (Å²) < 4.78 is 10.9. The Bertz CT molecular complexity index is 730. The van der Waals surface area contributed by atoms with Crippen molar-refractivity contribution >= 4 is 6.16 Å². The molecule has 0 saturated heterocycles. The molecule has 0 aliphatic carbocycles. The van der Waals surface area contributed by atoms with Gasteiger partial charge < -0.3 is 19.7 Å². The Morgan fingerprint density at radius 2 is 1.19 bits per heavy atom. The Morgan fingerprint density at radius 1 is 0.808 bits per heavy atom. The van der Waals surface area contributed by atoms with Crippen LogP contribution in [0.25, 0.3) is 0 Å². The molecule has 140 valence electrons. The molecule has 2 rings (SSSR count). The molecule has 0 unspecified atom stereocenters. The number of aryl methyl sites for hydroxylation is 2. The number of aliphatic hydroxyl groups is 2. The highest BCUT2D eigenvalue weighted by atomic mass is 16.7. The van der Waals surface area contributed by atoms with Crippen LogP contribution in [0.4, 0.5) is 4.79 Å². The highest BCUT2D eigenvalue weighted by Gasteiger charge is 2.17. The quantitative estimate of drug-likeness (QED) is 0.603. The van der Waals surface area contributed by atoms with Gasteiger partial charge in [0.1, 0.15) is 11.5 Å². The van der Waals surface area contributed by atoms with Gasteiger partial charge in [0.2, 0.25) is 0 Å². The summed E-state index contributed by atoms with van der Waals surface area (Å²) in [6, 6.07) is 7.27. The molecule has 0 radical (unpaired) electrons. The van der Waals surface area contributed by atoms with Crippen molar-refractivity contribution in [1.29, 1.82) is 0 Å². The van der Waals surface area contributed by atoms with Gasteiger partial charge in [-0.25, -0.2) is 4.79 Å². The first-order chi connectivity index (χ1) is 12.4. The van der Waals surface area contributed by atoms with Gasteiger partial charge in [0.15, 0.2) is 0 Å². The maximum Gasteiger partial charge on any atom is 0.519 e. The molecule has 0 aliphatic heterocycles. The Labute approximate surface area is 154 Å². The number of hydrogen-bond donors (Lipinski definition) is 2. The maximum atomic E-state index is 12.4. The van der Waals surface area contributed by atoms with E-state index in [1.165, 1.54) is 0 Å². The lowest BCUT2D eigenvalue weighted by molar-refractivity contribution is 0.150. The lowest BCUT2D eigenvalue weighted by Gasteiger charge is -2.16. The maximum absolute atomic E-state index is 12.4. The van der Waals surface area contributed by atoms with E-state index in [0.717, 1.165) is 33.4 Å². The van der Waals surface area contributed by atoms with Gasteiger partial charge in [0.25, 0.3) is 0 Å². The summed E-state index contributed by atoms with van der Waals surface area (Å²) in [6.07, 6.45) is 0.411. The van der Waals surface area contributed by atoms with Crippen molar-refractivity contribution in [2.75, 3.05) is 0 Å². The van der Waals surface area contributed by atoms with Crippen LogP contribution in [0.3, 0.4) is 0 Å². The van der Waals surface area contributed by atoms with Crippen molar-refractivity contribution in [3.05, 3.63) is 57.6 Å². The zero-order valence-corrected chi connectivity index (χ0v) is 15.8. The largest absolute Gasteiger partial charge is 0.519 e. The Balaban J connectivity index is 2.30. The Hall–Kier alpha value is -2.37. The summed E-state index contributed by atoms with van der Waals surface area (Å²) >= 11 is 0. The average Bonchev–Trinajstić information content (AvgIpc) is 2.60. The number of carbonyl (C=O) groups excluding carboxylic acids is 1. The summed E-state index contributed by atoms with van der Waals surface area (Å²) in [5.74, 6) is 0.796. The molecule has 2 aromatic rings. The SMILES string of the molecule is CCc1c(CO)cc(C)cc1OC(=O)Oc1cc(C)cc(CO)c1CC. The fourth-order valence-electron chi connectivity index (χ4n) is 3.18. The number of hydrogen-bond acceptors (Lipinski definition) is 5. The third-order valence-electron chi connectivity index (χ3n) is 4.33. The van der Waals surface area contributed by atoms with E-state index in [1.807, 2.05) is 39.8 Å². The van der Waals surface area contributed by atoms with Gasteiger partial charge in [-0.2, -0.15) is 0 Å². The number of rotatable bonds is 6. The van der Waals surface area contributed by atoms with Crippen molar-refractivity contribution < 1.29 is 24.5 Å². The van der Waals surface area contributed by atoms with Crippen LogP contribution < -0.4 is 9.47 Å². The molecule has 0 spiro atoms. The molecule has 2 N–H and O–H groups in total. The molecule has 0 heterocycles. The Morgan fingerprint density at radius 3 is 1.50 bits per heavy atom. The van der Waals surface area contributed by atoms with Gasteiger partial charge >= 0.3 is 6.16 Å². The topological polar surface area (TPSA) is 76.0 Å². The lowest BCUT2D eigenvalue weighted by atomic mass is 10.0. The monoisotopic (exact) mass is 358 g/mol. The summed E-state index contributed by atoms with van der Waals surface area (Å²) in [6.45, 7) is 7.39. The van der Waals surface area contributed by atoms with Gasteiger partial charge in [0, 0.05) is 11.1 Å². The van der Waals surface area contributed by atoms with Crippen molar-refractivity contribution in [3.63, 3.8) is 0 Å². The first-order valence-electron chi connectivity index (χ1n) is 8.79. The predicted octanol–water partition coefficient (Wildman–Crippen LogP) is 3.99. The molecule has 0 bridgehead atoms. The Kier molecular flexibility index (Phi) is 6.77. The van der Waals surface area contributed by atoms with E-state index in [4.69, 9.17) is 9.47 Å². The second-order valence-corrected chi connectivity index (χ2v) is 6.28. The van der Waals surface area contributed by atoms with Crippen molar-refractivity contribution in [3.8, 4) is 11.5 Å². The summed E-state index contributed by atoms with van der Waals surface area (Å²) in [7, 11) is 0. The molecule has 2 aromatic carbocycles.